The van der Waals surface area contributed by atoms with E-state index in [4.69, 9.17) is 4.74 Å². The Labute approximate surface area is 129 Å². The molecule has 2 aliphatic heterocycles. The Bertz CT molecular complexity index is 624. The minimum absolute atomic E-state index is 0.0628. The van der Waals surface area contributed by atoms with E-state index in [9.17, 15) is 9.59 Å². The number of piperidine rings is 1. The normalized spacial score (nSPS) is 23.0. The molecule has 5 nitrogen and oxygen atoms in total. The minimum Gasteiger partial charge on any atom is -0.497 e. The molecule has 22 heavy (non-hydrogen) atoms. The molecule has 0 aliphatic carbocycles. The fourth-order valence-corrected chi connectivity index (χ4v) is 3.04. The van der Waals surface area contributed by atoms with E-state index in [1.165, 1.54) is 6.08 Å². The number of carbonyl (C=O) groups excluding carboxylic acids is 2. The maximum Gasteiger partial charge on any atom is 0.270 e. The van der Waals surface area contributed by atoms with Gasteiger partial charge in [0.15, 0.2) is 5.78 Å². The van der Waals surface area contributed by atoms with Gasteiger partial charge < -0.3 is 15.0 Å². The number of fused-ring (bicyclic) bond motifs is 1. The van der Waals surface area contributed by atoms with Gasteiger partial charge in [0.05, 0.1) is 7.11 Å². The summed E-state index contributed by atoms with van der Waals surface area (Å²) in [5.74, 6) is 0.376. The van der Waals surface area contributed by atoms with Crippen LogP contribution in [0.1, 0.15) is 29.6 Å². The highest BCUT2D eigenvalue weighted by Crippen LogP contribution is 2.22. The maximum atomic E-state index is 12.5. The van der Waals surface area contributed by atoms with Gasteiger partial charge in [-0.2, -0.15) is 0 Å². The largest absolute Gasteiger partial charge is 0.497 e. The summed E-state index contributed by atoms with van der Waals surface area (Å²) < 4.78 is 5.12. The predicted molar refractivity (Wildman–Crippen MR) is 82.8 cm³/mol. The van der Waals surface area contributed by atoms with Crippen LogP contribution in [0, 0.1) is 0 Å². The molecule has 0 saturated carbocycles. The first-order valence-electron chi connectivity index (χ1n) is 7.64. The average molecular weight is 300 g/mol. The number of allylic oxidation sites excluding steroid dienone is 1. The van der Waals surface area contributed by atoms with E-state index in [0.29, 0.717) is 17.0 Å². The number of ketones is 1. The third kappa shape index (κ3) is 2.84. The molecule has 1 amide bonds. The number of hydrogen-bond donors (Lipinski definition) is 1. The molecule has 1 N–H and O–H groups in total. The summed E-state index contributed by atoms with van der Waals surface area (Å²) in [5.41, 5.74) is 0.910. The molecular formula is C17H20N2O3. The van der Waals surface area contributed by atoms with E-state index < -0.39 is 0 Å². The van der Waals surface area contributed by atoms with Gasteiger partial charge in [-0.15, -0.1) is 0 Å². The van der Waals surface area contributed by atoms with Crippen LogP contribution in [0.25, 0.3) is 0 Å². The van der Waals surface area contributed by atoms with Crippen LogP contribution in [0.15, 0.2) is 36.0 Å². The van der Waals surface area contributed by atoms with Gasteiger partial charge in [-0.25, -0.2) is 0 Å². The molecule has 2 saturated heterocycles. The molecule has 2 heterocycles. The Morgan fingerprint density at radius 1 is 1.41 bits per heavy atom. The van der Waals surface area contributed by atoms with Gasteiger partial charge in [-0.1, -0.05) is 12.1 Å². The van der Waals surface area contributed by atoms with Crippen LogP contribution in [0.3, 0.4) is 0 Å². The molecule has 0 aromatic heterocycles. The summed E-state index contributed by atoms with van der Waals surface area (Å²) in [6.45, 7) is 1.51. The summed E-state index contributed by atoms with van der Waals surface area (Å²) in [6.07, 6.45) is 4.65. The van der Waals surface area contributed by atoms with Crippen LogP contribution in [0.2, 0.25) is 0 Å². The summed E-state index contributed by atoms with van der Waals surface area (Å²) in [7, 11) is 1.56. The van der Waals surface area contributed by atoms with Crippen molar-refractivity contribution in [2.75, 3.05) is 20.2 Å². The second-order valence-electron chi connectivity index (χ2n) is 5.68. The summed E-state index contributed by atoms with van der Waals surface area (Å²) in [4.78, 5) is 26.7. The van der Waals surface area contributed by atoms with Crippen LogP contribution in [0.4, 0.5) is 0 Å². The first-order valence-corrected chi connectivity index (χ1v) is 7.64. The molecule has 1 atom stereocenters. The van der Waals surface area contributed by atoms with Gasteiger partial charge in [0.1, 0.15) is 11.4 Å². The Hall–Kier alpha value is -2.30. The van der Waals surface area contributed by atoms with Gasteiger partial charge >= 0.3 is 0 Å². The summed E-state index contributed by atoms with van der Waals surface area (Å²) in [5, 5.41) is 3.12. The first-order chi connectivity index (χ1) is 10.7. The molecule has 1 unspecified atom stereocenters. The second kappa shape index (κ2) is 6.22. The third-order valence-corrected chi connectivity index (χ3v) is 4.28. The smallest absolute Gasteiger partial charge is 0.270 e. The Morgan fingerprint density at radius 2 is 2.27 bits per heavy atom. The van der Waals surface area contributed by atoms with Crippen molar-refractivity contribution < 1.29 is 14.3 Å². The maximum absolute atomic E-state index is 12.5. The van der Waals surface area contributed by atoms with Crippen LogP contribution in [-0.4, -0.2) is 42.8 Å². The topological polar surface area (TPSA) is 58.6 Å². The van der Waals surface area contributed by atoms with Crippen molar-refractivity contribution in [3.63, 3.8) is 0 Å². The fourth-order valence-electron chi connectivity index (χ4n) is 3.04. The lowest BCUT2D eigenvalue weighted by Crippen LogP contribution is -2.55. The van der Waals surface area contributed by atoms with Crippen LogP contribution < -0.4 is 10.1 Å². The average Bonchev–Trinajstić information content (AvgIpc) is 2.57. The lowest BCUT2D eigenvalue weighted by molar-refractivity contribution is -0.132. The number of nitrogens with zero attached hydrogens (tertiary/aromatic N) is 1. The van der Waals surface area contributed by atoms with Crippen molar-refractivity contribution in [2.24, 2.45) is 0 Å². The number of piperazine rings is 1. The third-order valence-electron chi connectivity index (χ3n) is 4.28. The van der Waals surface area contributed by atoms with E-state index >= 15 is 0 Å². The highest BCUT2D eigenvalue weighted by Gasteiger charge is 2.33. The highest BCUT2D eigenvalue weighted by molar-refractivity contribution is 6.09. The first kappa shape index (κ1) is 14.6. The second-order valence-corrected chi connectivity index (χ2v) is 5.68. The predicted octanol–water partition coefficient (Wildman–Crippen LogP) is 1.75. The molecule has 0 radical (unpaired) electrons. The summed E-state index contributed by atoms with van der Waals surface area (Å²) in [6, 6.07) is 7.22. The quantitative estimate of drug-likeness (QED) is 0.682. The van der Waals surface area contributed by atoms with Gasteiger partial charge in [0.2, 0.25) is 0 Å². The number of hydrogen-bond acceptors (Lipinski definition) is 4. The van der Waals surface area contributed by atoms with E-state index in [2.05, 4.69) is 5.32 Å². The van der Waals surface area contributed by atoms with E-state index in [0.717, 1.165) is 32.4 Å². The molecular weight excluding hydrogens is 280 g/mol. The van der Waals surface area contributed by atoms with Crippen molar-refractivity contribution in [1.29, 1.82) is 0 Å². The van der Waals surface area contributed by atoms with Crippen LogP contribution in [-0.2, 0) is 4.79 Å². The molecule has 5 heteroatoms. The Balaban J connectivity index is 1.79. The zero-order valence-electron chi connectivity index (χ0n) is 12.7. The molecule has 1 aromatic rings. The zero-order valence-corrected chi connectivity index (χ0v) is 12.7. The molecule has 3 rings (SSSR count). The van der Waals surface area contributed by atoms with Crippen molar-refractivity contribution in [1.82, 2.24) is 10.2 Å². The number of benzene rings is 1. The fraction of sp³-hybridized carbons (Fsp3) is 0.412. The highest BCUT2D eigenvalue weighted by atomic mass is 16.5. The standard InChI is InChI=1S/C17H20N2O3/c1-22-14-7-4-5-12(9-14)16(20)10-15-17(21)19-8-3-2-6-13(19)11-18-15/h4-5,7,9-10,13,18H,2-3,6,8,11H2,1H3. The molecule has 1 aromatic carbocycles. The molecule has 0 spiro atoms. The number of nitrogens with one attached hydrogen (secondary N) is 1. The van der Waals surface area contributed by atoms with Crippen molar-refractivity contribution in [3.8, 4) is 5.75 Å². The van der Waals surface area contributed by atoms with Gasteiger partial charge in [0.25, 0.3) is 5.91 Å². The lowest BCUT2D eigenvalue weighted by atomic mass is 9.98. The number of rotatable bonds is 3. The molecule has 2 aliphatic rings. The minimum atomic E-state index is -0.190. The van der Waals surface area contributed by atoms with Crippen LogP contribution in [0.5, 0.6) is 5.75 Å². The summed E-state index contributed by atoms with van der Waals surface area (Å²) >= 11 is 0. The molecule has 0 bridgehead atoms. The van der Waals surface area contributed by atoms with Crippen molar-refractivity contribution in [3.05, 3.63) is 41.6 Å². The van der Waals surface area contributed by atoms with Gasteiger partial charge in [-0.05, 0) is 31.4 Å². The number of carbonyl (C=O) groups is 2. The monoisotopic (exact) mass is 300 g/mol. The Morgan fingerprint density at radius 3 is 3.09 bits per heavy atom. The van der Waals surface area contributed by atoms with Crippen molar-refractivity contribution in [2.45, 2.75) is 25.3 Å². The zero-order chi connectivity index (χ0) is 15.5. The SMILES string of the molecule is COc1cccc(C(=O)C=C2NCC3CCCCN3C2=O)c1. The van der Waals surface area contributed by atoms with Gasteiger partial charge in [-0.3, -0.25) is 9.59 Å². The number of ether oxygens (including phenoxy) is 1. The van der Waals surface area contributed by atoms with E-state index in [-0.39, 0.29) is 17.7 Å². The van der Waals surface area contributed by atoms with E-state index in [1.54, 1.807) is 31.4 Å². The number of amides is 1. The van der Waals surface area contributed by atoms with Crippen LogP contribution >= 0.6 is 0 Å². The molecule has 116 valence electrons. The number of methoxy groups -OCH3 is 1. The molecule has 2 fully saturated rings. The van der Waals surface area contributed by atoms with Gasteiger partial charge in [0, 0.05) is 30.8 Å². The lowest BCUT2D eigenvalue weighted by Gasteiger charge is -2.40. The Kier molecular flexibility index (Phi) is 4.13. The van der Waals surface area contributed by atoms with E-state index in [1.807, 2.05) is 4.90 Å². The van der Waals surface area contributed by atoms with Crippen molar-refractivity contribution >= 4 is 11.7 Å².